The molecule has 1 aliphatic heterocycles. The number of aromatic nitrogens is 2. The number of Topliss-reactive ketones (excluding diaryl/α,β-unsaturated/α-hetero) is 1. The highest BCUT2D eigenvalue weighted by Gasteiger charge is 2.45. The summed E-state index contributed by atoms with van der Waals surface area (Å²) in [6.07, 6.45) is 1.77. The average Bonchev–Trinajstić information content (AvgIpc) is 2.73. The van der Waals surface area contributed by atoms with Crippen molar-refractivity contribution >= 4 is 11.6 Å². The molecule has 0 fully saturated rings. The van der Waals surface area contributed by atoms with Gasteiger partial charge in [0.15, 0.2) is 23.1 Å². The predicted octanol–water partition coefficient (Wildman–Crippen LogP) is 3.23. The van der Waals surface area contributed by atoms with Crippen LogP contribution < -0.4 is 10.5 Å². The second-order valence-corrected chi connectivity index (χ2v) is 7.35. The number of halogens is 4. The molecular weight excluding hydrogens is 404 g/mol. The van der Waals surface area contributed by atoms with Crippen molar-refractivity contribution in [1.82, 2.24) is 9.97 Å². The molecule has 0 saturated heterocycles. The molecule has 1 aromatic heterocycles. The zero-order valence-electron chi connectivity index (χ0n) is 16.4. The molecule has 1 aliphatic rings. The van der Waals surface area contributed by atoms with Gasteiger partial charge in [0, 0.05) is 12.0 Å². The minimum atomic E-state index is -2.42. The van der Waals surface area contributed by atoms with Crippen LogP contribution in [-0.2, 0) is 12.0 Å². The second-order valence-electron chi connectivity index (χ2n) is 7.35. The molecule has 0 amide bonds. The summed E-state index contributed by atoms with van der Waals surface area (Å²) >= 11 is 0. The molecule has 0 radical (unpaired) electrons. The molecule has 10 heteroatoms. The summed E-state index contributed by atoms with van der Waals surface area (Å²) in [5.74, 6) is -3.22. The number of ether oxygens (including phenoxy) is 1. The van der Waals surface area contributed by atoms with Gasteiger partial charge in [-0.05, 0) is 37.5 Å². The number of nitrogens with zero attached hydrogens (tertiary/aromatic N) is 3. The quantitative estimate of drug-likeness (QED) is 0.568. The first-order valence-corrected chi connectivity index (χ1v) is 9.10. The minimum Gasteiger partial charge on any atom is -0.480 e. The topological polar surface area (TPSA) is 90.5 Å². The molecule has 2 heterocycles. The van der Waals surface area contributed by atoms with Crippen LogP contribution in [0, 0.1) is 11.6 Å². The highest BCUT2D eigenvalue weighted by molar-refractivity contribution is 5.95. The van der Waals surface area contributed by atoms with Gasteiger partial charge in [-0.2, -0.15) is 0 Å². The first-order chi connectivity index (χ1) is 14.1. The largest absolute Gasteiger partial charge is 0.480 e. The number of hydrogen-bond acceptors (Lipinski definition) is 6. The van der Waals surface area contributed by atoms with Gasteiger partial charge in [-0.1, -0.05) is 0 Å². The Morgan fingerprint density at radius 2 is 1.97 bits per heavy atom. The van der Waals surface area contributed by atoms with E-state index >= 15 is 0 Å². The third-order valence-corrected chi connectivity index (χ3v) is 5.20. The molecule has 0 aliphatic carbocycles. The molecule has 2 aromatic rings. The number of alkyl halides is 2. The third-order valence-electron chi connectivity index (χ3n) is 5.20. The van der Waals surface area contributed by atoms with Crippen LogP contribution in [0.3, 0.4) is 0 Å². The van der Waals surface area contributed by atoms with E-state index in [-0.39, 0.29) is 42.0 Å². The van der Waals surface area contributed by atoms with Gasteiger partial charge in [-0.25, -0.2) is 27.5 Å². The highest BCUT2D eigenvalue weighted by Crippen LogP contribution is 2.41. The van der Waals surface area contributed by atoms with E-state index in [0.29, 0.717) is 0 Å². The molecular formula is C20H20F4N4O2. The number of hydrogen-bond donors (Lipinski definition) is 1. The van der Waals surface area contributed by atoms with Gasteiger partial charge < -0.3 is 10.5 Å². The zero-order valence-corrected chi connectivity index (χ0v) is 16.4. The smallest absolute Gasteiger partial charge is 0.232 e. The first kappa shape index (κ1) is 21.7. The van der Waals surface area contributed by atoms with Crippen molar-refractivity contribution in [2.24, 2.45) is 10.7 Å². The monoisotopic (exact) mass is 424 g/mol. The Kier molecular flexibility index (Phi) is 5.78. The maximum absolute atomic E-state index is 14.6. The molecule has 6 nitrogen and oxygen atoms in total. The molecule has 0 bridgehead atoms. The van der Waals surface area contributed by atoms with Crippen LogP contribution in [0.5, 0.6) is 5.88 Å². The molecule has 0 unspecified atom stereocenters. The van der Waals surface area contributed by atoms with E-state index in [1.807, 2.05) is 0 Å². The number of aliphatic imine (C=N–C) groups is 1. The molecule has 2 N–H and O–H groups in total. The van der Waals surface area contributed by atoms with Gasteiger partial charge in [0.05, 0.1) is 25.0 Å². The SMILES string of the molecule is COc1cnc(C(=O)Cc2cc(F)c(F)c([C@]3(C)CC[C@](F)(CF)C(N)=N3)c2)cn1. The molecule has 3 rings (SSSR count). The van der Waals surface area contributed by atoms with Gasteiger partial charge in [-0.15, -0.1) is 0 Å². The van der Waals surface area contributed by atoms with Crippen molar-refractivity contribution in [3.63, 3.8) is 0 Å². The lowest BCUT2D eigenvalue weighted by Gasteiger charge is -2.36. The van der Waals surface area contributed by atoms with E-state index in [4.69, 9.17) is 10.5 Å². The van der Waals surface area contributed by atoms with E-state index in [0.717, 1.165) is 6.07 Å². The van der Waals surface area contributed by atoms with E-state index < -0.39 is 41.1 Å². The number of methoxy groups -OCH3 is 1. The number of amidine groups is 1. The Labute approximate surface area is 170 Å². The van der Waals surface area contributed by atoms with Crippen LogP contribution in [0.15, 0.2) is 29.5 Å². The summed E-state index contributed by atoms with van der Waals surface area (Å²) in [4.78, 5) is 24.2. The van der Waals surface area contributed by atoms with Crippen LogP contribution in [0.4, 0.5) is 17.6 Å². The summed E-state index contributed by atoms with van der Waals surface area (Å²) in [7, 11) is 1.40. The zero-order chi connectivity index (χ0) is 22.1. The van der Waals surface area contributed by atoms with Crippen molar-refractivity contribution in [1.29, 1.82) is 0 Å². The fourth-order valence-electron chi connectivity index (χ4n) is 3.30. The number of nitrogens with two attached hydrogens (primary N) is 1. The van der Waals surface area contributed by atoms with E-state index in [1.54, 1.807) is 0 Å². The Bertz CT molecular complexity index is 999. The lowest BCUT2D eigenvalue weighted by molar-refractivity contribution is 0.0987. The van der Waals surface area contributed by atoms with Crippen LogP contribution in [-0.4, -0.2) is 41.0 Å². The van der Waals surface area contributed by atoms with Crippen molar-refractivity contribution < 1.29 is 27.1 Å². The number of carbonyl (C=O) groups is 1. The van der Waals surface area contributed by atoms with E-state index in [2.05, 4.69) is 15.0 Å². The average molecular weight is 424 g/mol. The van der Waals surface area contributed by atoms with Gasteiger partial charge in [0.2, 0.25) is 5.88 Å². The lowest BCUT2D eigenvalue weighted by atomic mass is 9.80. The molecule has 2 atom stereocenters. The van der Waals surface area contributed by atoms with Gasteiger partial charge in [0.25, 0.3) is 0 Å². The minimum absolute atomic E-state index is 0.0263. The number of rotatable bonds is 6. The van der Waals surface area contributed by atoms with Gasteiger partial charge in [0.1, 0.15) is 18.2 Å². The highest BCUT2D eigenvalue weighted by atomic mass is 19.2. The predicted molar refractivity (Wildman–Crippen MR) is 101 cm³/mol. The number of carbonyl (C=O) groups excluding carboxylic acids is 1. The number of ketones is 1. The summed E-state index contributed by atoms with van der Waals surface area (Å²) in [5, 5.41) is 0. The Balaban J connectivity index is 1.93. The number of benzene rings is 1. The molecule has 160 valence electrons. The van der Waals surface area contributed by atoms with Crippen molar-refractivity contribution in [2.75, 3.05) is 13.8 Å². The van der Waals surface area contributed by atoms with Crippen LogP contribution >= 0.6 is 0 Å². The van der Waals surface area contributed by atoms with E-state index in [9.17, 15) is 22.4 Å². The summed E-state index contributed by atoms with van der Waals surface area (Å²) in [6, 6.07) is 2.18. The van der Waals surface area contributed by atoms with Gasteiger partial charge >= 0.3 is 0 Å². The fraction of sp³-hybridized carbons (Fsp3) is 0.400. The summed E-state index contributed by atoms with van der Waals surface area (Å²) < 4.78 is 61.1. The maximum atomic E-state index is 14.6. The van der Waals surface area contributed by atoms with Crippen LogP contribution in [0.1, 0.15) is 41.4 Å². The Hall–Kier alpha value is -3.04. The second kappa shape index (κ2) is 8.00. The van der Waals surface area contributed by atoms with Crippen molar-refractivity contribution in [2.45, 2.75) is 37.4 Å². The van der Waals surface area contributed by atoms with Gasteiger partial charge in [-0.3, -0.25) is 9.79 Å². The molecule has 30 heavy (non-hydrogen) atoms. The Morgan fingerprint density at radius 3 is 2.53 bits per heavy atom. The fourth-order valence-corrected chi connectivity index (χ4v) is 3.30. The van der Waals surface area contributed by atoms with Crippen LogP contribution in [0.2, 0.25) is 0 Å². The molecule has 0 spiro atoms. The normalized spacial score (nSPS) is 23.7. The Morgan fingerprint density at radius 1 is 1.23 bits per heavy atom. The van der Waals surface area contributed by atoms with Crippen molar-refractivity contribution in [3.05, 3.63) is 53.0 Å². The molecule has 1 aromatic carbocycles. The maximum Gasteiger partial charge on any atom is 0.232 e. The van der Waals surface area contributed by atoms with Crippen molar-refractivity contribution in [3.8, 4) is 5.88 Å². The van der Waals surface area contributed by atoms with Crippen LogP contribution in [0.25, 0.3) is 0 Å². The summed E-state index contributed by atoms with van der Waals surface area (Å²) in [5.41, 5.74) is 1.77. The standard InChI is InChI=1S/C20H20F4N4O2/c1-19(3-4-20(24,10-21)18(25)28-19)12-5-11(6-13(22)17(12)23)7-15(29)14-8-27-16(30-2)9-26-14/h5-6,8-9H,3-4,7,10H2,1-2H3,(H2,25,28)/t19-,20-/m0/s1. The third kappa shape index (κ3) is 3.99. The summed E-state index contributed by atoms with van der Waals surface area (Å²) in [6.45, 7) is 0.1000. The lowest BCUT2D eigenvalue weighted by Crippen LogP contribution is -2.48. The van der Waals surface area contributed by atoms with E-state index in [1.165, 1.54) is 32.5 Å². The molecule has 0 saturated carbocycles. The first-order valence-electron chi connectivity index (χ1n) is 9.10.